The zero-order valence-electron chi connectivity index (χ0n) is 12.0. The average molecular weight is 296 g/mol. The van der Waals surface area contributed by atoms with Crippen molar-refractivity contribution in [3.05, 3.63) is 36.4 Å². The summed E-state index contributed by atoms with van der Waals surface area (Å²) in [6, 6.07) is 6.57. The van der Waals surface area contributed by atoms with Gasteiger partial charge in [0.2, 0.25) is 0 Å². The van der Waals surface area contributed by atoms with Crippen LogP contribution in [0, 0.1) is 5.92 Å². The second-order valence-electron chi connectivity index (χ2n) is 4.98. The minimum absolute atomic E-state index is 0.113. The van der Waals surface area contributed by atoms with Gasteiger partial charge in [-0.05, 0) is 18.1 Å². The molecule has 5 nitrogen and oxygen atoms in total. The topological polar surface area (TPSA) is 52.0 Å². The number of aromatic nitrogens is 3. The molecular formula is C14H18F2N4O. The molecule has 0 aliphatic heterocycles. The summed E-state index contributed by atoms with van der Waals surface area (Å²) in [7, 11) is 0. The normalized spacial score (nSPS) is 11.1. The number of nitrogens with zero attached hydrogens (tertiary/aromatic N) is 3. The van der Waals surface area contributed by atoms with Crippen LogP contribution >= 0.6 is 0 Å². The van der Waals surface area contributed by atoms with E-state index in [2.05, 4.69) is 34.0 Å². The van der Waals surface area contributed by atoms with Crippen LogP contribution in [0.15, 0.2) is 30.6 Å². The molecule has 0 radical (unpaired) electrons. The van der Waals surface area contributed by atoms with Crippen molar-refractivity contribution in [1.29, 1.82) is 0 Å². The fourth-order valence-corrected chi connectivity index (χ4v) is 1.91. The first-order chi connectivity index (χ1) is 10.1. The van der Waals surface area contributed by atoms with Gasteiger partial charge in [-0.3, -0.25) is 0 Å². The first-order valence-corrected chi connectivity index (χ1v) is 6.70. The molecule has 0 saturated carbocycles. The monoisotopic (exact) mass is 296 g/mol. The molecule has 0 aliphatic carbocycles. The van der Waals surface area contributed by atoms with Gasteiger partial charge in [-0.15, -0.1) is 0 Å². The third kappa shape index (κ3) is 4.40. The summed E-state index contributed by atoms with van der Waals surface area (Å²) in [6.45, 7) is 2.47. The molecule has 1 N–H and O–H groups in total. The number of hydrogen-bond acceptors (Lipinski definition) is 4. The van der Waals surface area contributed by atoms with E-state index < -0.39 is 6.61 Å². The van der Waals surface area contributed by atoms with E-state index in [1.807, 2.05) is 0 Å². The molecule has 1 aromatic carbocycles. The molecule has 0 unspecified atom stereocenters. The van der Waals surface area contributed by atoms with Crippen molar-refractivity contribution < 1.29 is 13.5 Å². The number of nitrogens with one attached hydrogen (secondary N) is 1. The van der Waals surface area contributed by atoms with Crippen LogP contribution < -0.4 is 10.1 Å². The molecule has 7 heteroatoms. The van der Waals surface area contributed by atoms with E-state index >= 15 is 0 Å². The second-order valence-corrected chi connectivity index (χ2v) is 4.98. The van der Waals surface area contributed by atoms with E-state index in [0.717, 1.165) is 12.4 Å². The summed E-state index contributed by atoms with van der Waals surface area (Å²) in [6.07, 6.45) is 1.49. The van der Waals surface area contributed by atoms with Gasteiger partial charge in [0.05, 0.1) is 12.2 Å². The maximum atomic E-state index is 12.3. The summed E-state index contributed by atoms with van der Waals surface area (Å²) in [5.41, 5.74) is 0.497. The van der Waals surface area contributed by atoms with Crippen LogP contribution in [0.3, 0.4) is 0 Å². The van der Waals surface area contributed by atoms with Crippen molar-refractivity contribution >= 4 is 5.69 Å². The maximum absolute atomic E-state index is 12.3. The van der Waals surface area contributed by atoms with Crippen molar-refractivity contribution in [2.75, 3.05) is 5.32 Å². The first kappa shape index (κ1) is 15.2. The lowest BCUT2D eigenvalue weighted by Crippen LogP contribution is -2.14. The van der Waals surface area contributed by atoms with Gasteiger partial charge in [0.1, 0.15) is 17.9 Å². The van der Waals surface area contributed by atoms with Gasteiger partial charge >= 0.3 is 6.61 Å². The molecule has 0 spiro atoms. The Labute approximate surface area is 121 Å². The molecule has 0 fully saturated rings. The first-order valence-electron chi connectivity index (χ1n) is 6.70. The van der Waals surface area contributed by atoms with Crippen LogP contribution in [-0.2, 0) is 13.1 Å². The third-order valence-corrected chi connectivity index (χ3v) is 2.77. The van der Waals surface area contributed by atoms with Gasteiger partial charge in [0.15, 0.2) is 0 Å². The van der Waals surface area contributed by atoms with Gasteiger partial charge in [0, 0.05) is 6.54 Å². The molecule has 0 bridgehead atoms. The van der Waals surface area contributed by atoms with E-state index in [1.54, 1.807) is 22.9 Å². The highest BCUT2D eigenvalue weighted by molar-refractivity contribution is 5.56. The summed E-state index contributed by atoms with van der Waals surface area (Å²) >= 11 is 0. The smallest absolute Gasteiger partial charge is 0.387 e. The lowest BCUT2D eigenvalue weighted by Gasteiger charge is -2.13. The number of halogens is 2. The Morgan fingerprint density at radius 1 is 1.29 bits per heavy atom. The number of anilines is 1. The Hall–Kier alpha value is -2.18. The summed E-state index contributed by atoms with van der Waals surface area (Å²) in [4.78, 5) is 4.18. The van der Waals surface area contributed by atoms with Gasteiger partial charge in [0.25, 0.3) is 0 Å². The van der Waals surface area contributed by atoms with Gasteiger partial charge < -0.3 is 10.1 Å². The Bertz CT molecular complexity index is 572. The SMILES string of the molecule is CC(C)Cn1ncnc1CNc1ccccc1OC(F)F. The van der Waals surface area contributed by atoms with Crippen molar-refractivity contribution in [2.45, 2.75) is 33.5 Å². The molecule has 1 aromatic heterocycles. The van der Waals surface area contributed by atoms with E-state index in [0.29, 0.717) is 18.2 Å². The predicted octanol–water partition coefficient (Wildman–Crippen LogP) is 3.15. The molecule has 2 aromatic rings. The maximum Gasteiger partial charge on any atom is 0.387 e. The fourth-order valence-electron chi connectivity index (χ4n) is 1.91. The quantitative estimate of drug-likeness (QED) is 0.852. The van der Waals surface area contributed by atoms with Crippen LogP contribution in [0.25, 0.3) is 0 Å². The number of para-hydroxylation sites is 2. The fraction of sp³-hybridized carbons (Fsp3) is 0.429. The highest BCUT2D eigenvalue weighted by Gasteiger charge is 2.10. The molecule has 0 aliphatic rings. The van der Waals surface area contributed by atoms with Crippen LogP contribution in [0.2, 0.25) is 0 Å². The van der Waals surface area contributed by atoms with Gasteiger partial charge in [-0.25, -0.2) is 9.67 Å². The predicted molar refractivity (Wildman–Crippen MR) is 75.3 cm³/mol. The molecule has 114 valence electrons. The molecule has 1 heterocycles. The lowest BCUT2D eigenvalue weighted by atomic mass is 10.2. The zero-order chi connectivity index (χ0) is 15.2. The van der Waals surface area contributed by atoms with Gasteiger partial charge in [-0.1, -0.05) is 26.0 Å². The highest BCUT2D eigenvalue weighted by atomic mass is 19.3. The van der Waals surface area contributed by atoms with Crippen molar-refractivity contribution in [2.24, 2.45) is 5.92 Å². The minimum atomic E-state index is -2.85. The molecule has 0 saturated heterocycles. The van der Waals surface area contributed by atoms with Crippen LogP contribution in [0.1, 0.15) is 19.7 Å². The Morgan fingerprint density at radius 2 is 2.05 bits per heavy atom. The van der Waals surface area contributed by atoms with Crippen molar-refractivity contribution in [3.63, 3.8) is 0 Å². The summed E-state index contributed by atoms with van der Waals surface area (Å²) < 4.78 is 31.0. The molecular weight excluding hydrogens is 278 g/mol. The van der Waals surface area contributed by atoms with E-state index in [4.69, 9.17) is 0 Å². The number of alkyl halides is 2. The summed E-state index contributed by atoms with van der Waals surface area (Å²) in [5.74, 6) is 1.30. The van der Waals surface area contributed by atoms with Gasteiger partial charge in [-0.2, -0.15) is 13.9 Å². The number of ether oxygens (including phenoxy) is 1. The summed E-state index contributed by atoms with van der Waals surface area (Å²) in [5, 5.41) is 7.21. The minimum Gasteiger partial charge on any atom is -0.433 e. The Balaban J connectivity index is 2.05. The third-order valence-electron chi connectivity index (χ3n) is 2.77. The number of benzene rings is 1. The highest BCUT2D eigenvalue weighted by Crippen LogP contribution is 2.25. The Kier molecular flexibility index (Phi) is 5.08. The van der Waals surface area contributed by atoms with E-state index in [-0.39, 0.29) is 5.75 Å². The second kappa shape index (κ2) is 7.01. The van der Waals surface area contributed by atoms with Crippen LogP contribution in [-0.4, -0.2) is 21.4 Å². The molecule has 21 heavy (non-hydrogen) atoms. The molecule has 0 atom stereocenters. The standard InChI is InChI=1S/C14H18F2N4O/c1-10(2)8-20-13(18-9-19-20)7-17-11-5-3-4-6-12(11)21-14(15)16/h3-6,9-10,14,17H,7-8H2,1-2H3. The molecule has 0 amide bonds. The largest absolute Gasteiger partial charge is 0.433 e. The van der Waals surface area contributed by atoms with Crippen LogP contribution in [0.5, 0.6) is 5.75 Å². The molecule has 2 rings (SSSR count). The number of hydrogen-bond donors (Lipinski definition) is 1. The Morgan fingerprint density at radius 3 is 2.76 bits per heavy atom. The number of rotatable bonds is 7. The lowest BCUT2D eigenvalue weighted by molar-refractivity contribution is -0.0493. The van der Waals surface area contributed by atoms with E-state index in [9.17, 15) is 8.78 Å². The van der Waals surface area contributed by atoms with Crippen LogP contribution in [0.4, 0.5) is 14.5 Å². The zero-order valence-corrected chi connectivity index (χ0v) is 12.0. The van der Waals surface area contributed by atoms with Crippen molar-refractivity contribution in [1.82, 2.24) is 14.8 Å². The van der Waals surface area contributed by atoms with E-state index in [1.165, 1.54) is 12.4 Å². The van der Waals surface area contributed by atoms with Crippen molar-refractivity contribution in [3.8, 4) is 5.75 Å². The average Bonchev–Trinajstić information content (AvgIpc) is 2.83.